The van der Waals surface area contributed by atoms with E-state index in [2.05, 4.69) is 5.32 Å². The third-order valence-electron chi connectivity index (χ3n) is 3.54. The fourth-order valence-electron chi connectivity index (χ4n) is 2.28. The third-order valence-corrected chi connectivity index (χ3v) is 3.78. The van der Waals surface area contributed by atoms with E-state index in [0.29, 0.717) is 34.9 Å². The standard InChI is InChI=1S/C18H19ClN2O2/c1-3-21(4-2)18(23)15-10-5-6-11-16(15)20-17(22)13-8-7-9-14(19)12-13/h5-12H,3-4H2,1-2H3,(H,20,22). The van der Waals surface area contributed by atoms with Gasteiger partial charge in [-0.2, -0.15) is 0 Å². The van der Waals surface area contributed by atoms with Crippen LogP contribution in [-0.2, 0) is 0 Å². The molecule has 5 heteroatoms. The van der Waals surface area contributed by atoms with E-state index in [-0.39, 0.29) is 11.8 Å². The summed E-state index contributed by atoms with van der Waals surface area (Å²) < 4.78 is 0. The lowest BCUT2D eigenvalue weighted by Crippen LogP contribution is -2.31. The minimum absolute atomic E-state index is 0.100. The summed E-state index contributed by atoms with van der Waals surface area (Å²) in [6.07, 6.45) is 0. The number of para-hydroxylation sites is 1. The van der Waals surface area contributed by atoms with Crippen molar-refractivity contribution in [2.45, 2.75) is 13.8 Å². The van der Waals surface area contributed by atoms with E-state index in [1.54, 1.807) is 53.4 Å². The second-order valence-electron chi connectivity index (χ2n) is 4.99. The lowest BCUT2D eigenvalue weighted by molar-refractivity contribution is 0.0774. The Balaban J connectivity index is 2.27. The van der Waals surface area contributed by atoms with Gasteiger partial charge in [0.05, 0.1) is 11.3 Å². The molecule has 0 saturated heterocycles. The Hall–Kier alpha value is -2.33. The molecule has 0 aliphatic heterocycles. The lowest BCUT2D eigenvalue weighted by Gasteiger charge is -2.20. The Morgan fingerprint density at radius 2 is 1.74 bits per heavy atom. The predicted molar refractivity (Wildman–Crippen MR) is 93.1 cm³/mol. The van der Waals surface area contributed by atoms with Crippen molar-refractivity contribution in [3.05, 3.63) is 64.7 Å². The van der Waals surface area contributed by atoms with Crippen LogP contribution in [0.15, 0.2) is 48.5 Å². The second kappa shape index (κ2) is 7.79. The average Bonchev–Trinajstić information content (AvgIpc) is 2.56. The Morgan fingerprint density at radius 1 is 1.04 bits per heavy atom. The molecule has 23 heavy (non-hydrogen) atoms. The Kier molecular flexibility index (Phi) is 5.77. The zero-order valence-corrected chi connectivity index (χ0v) is 13.9. The SMILES string of the molecule is CCN(CC)C(=O)c1ccccc1NC(=O)c1cccc(Cl)c1. The van der Waals surface area contributed by atoms with Crippen molar-refractivity contribution in [3.63, 3.8) is 0 Å². The van der Waals surface area contributed by atoms with Gasteiger partial charge in [0.1, 0.15) is 0 Å². The summed E-state index contributed by atoms with van der Waals surface area (Å²) in [6, 6.07) is 13.7. The zero-order chi connectivity index (χ0) is 16.8. The number of nitrogens with one attached hydrogen (secondary N) is 1. The molecule has 0 unspecified atom stereocenters. The van der Waals surface area contributed by atoms with Crippen molar-refractivity contribution >= 4 is 29.1 Å². The van der Waals surface area contributed by atoms with Gasteiger partial charge in [-0.3, -0.25) is 9.59 Å². The van der Waals surface area contributed by atoms with Crippen molar-refractivity contribution in [3.8, 4) is 0 Å². The predicted octanol–water partition coefficient (Wildman–Crippen LogP) is 4.07. The van der Waals surface area contributed by atoms with Crippen molar-refractivity contribution in [1.29, 1.82) is 0 Å². The van der Waals surface area contributed by atoms with Gasteiger partial charge in [0.25, 0.3) is 11.8 Å². The van der Waals surface area contributed by atoms with Gasteiger partial charge in [-0.1, -0.05) is 29.8 Å². The Labute approximate surface area is 141 Å². The first-order chi connectivity index (χ1) is 11.1. The zero-order valence-electron chi connectivity index (χ0n) is 13.2. The van der Waals surface area contributed by atoms with E-state index in [0.717, 1.165) is 0 Å². The molecule has 0 atom stereocenters. The normalized spacial score (nSPS) is 10.2. The van der Waals surface area contributed by atoms with Crippen LogP contribution in [0.1, 0.15) is 34.6 Å². The molecular formula is C18H19ClN2O2. The molecule has 0 spiro atoms. The number of carbonyl (C=O) groups is 2. The molecule has 2 rings (SSSR count). The number of rotatable bonds is 5. The molecule has 2 aromatic rings. The molecular weight excluding hydrogens is 312 g/mol. The van der Waals surface area contributed by atoms with Gasteiger partial charge < -0.3 is 10.2 Å². The highest BCUT2D eigenvalue weighted by molar-refractivity contribution is 6.31. The summed E-state index contributed by atoms with van der Waals surface area (Å²) in [4.78, 5) is 26.6. The molecule has 0 heterocycles. The highest BCUT2D eigenvalue weighted by Crippen LogP contribution is 2.19. The number of benzene rings is 2. The van der Waals surface area contributed by atoms with E-state index < -0.39 is 0 Å². The number of hydrogen-bond donors (Lipinski definition) is 1. The van der Waals surface area contributed by atoms with Crippen LogP contribution in [0.3, 0.4) is 0 Å². The number of carbonyl (C=O) groups excluding carboxylic acids is 2. The maximum absolute atomic E-state index is 12.6. The molecule has 0 aromatic heterocycles. The molecule has 0 saturated carbocycles. The number of nitrogens with zero attached hydrogens (tertiary/aromatic N) is 1. The fourth-order valence-corrected chi connectivity index (χ4v) is 2.47. The van der Waals surface area contributed by atoms with E-state index in [4.69, 9.17) is 11.6 Å². The summed E-state index contributed by atoms with van der Waals surface area (Å²) in [5.41, 5.74) is 1.42. The number of amides is 2. The van der Waals surface area contributed by atoms with E-state index in [1.807, 2.05) is 13.8 Å². The van der Waals surface area contributed by atoms with Gasteiger partial charge in [-0.05, 0) is 44.2 Å². The van der Waals surface area contributed by atoms with Crippen molar-refractivity contribution in [2.24, 2.45) is 0 Å². The molecule has 0 aliphatic rings. The van der Waals surface area contributed by atoms with Crippen molar-refractivity contribution < 1.29 is 9.59 Å². The van der Waals surface area contributed by atoms with Gasteiger partial charge in [0.2, 0.25) is 0 Å². The molecule has 1 N–H and O–H groups in total. The largest absolute Gasteiger partial charge is 0.339 e. The molecule has 120 valence electrons. The highest BCUT2D eigenvalue weighted by atomic mass is 35.5. The molecule has 2 aromatic carbocycles. The van der Waals surface area contributed by atoms with Crippen molar-refractivity contribution in [2.75, 3.05) is 18.4 Å². The van der Waals surface area contributed by atoms with Crippen LogP contribution >= 0.6 is 11.6 Å². The molecule has 0 bridgehead atoms. The summed E-state index contributed by atoms with van der Waals surface area (Å²) in [6.45, 7) is 5.08. The first-order valence-corrected chi connectivity index (χ1v) is 7.89. The number of hydrogen-bond acceptors (Lipinski definition) is 2. The topological polar surface area (TPSA) is 49.4 Å². The first kappa shape index (κ1) is 17.0. The van der Waals surface area contributed by atoms with E-state index >= 15 is 0 Å². The number of anilines is 1. The minimum Gasteiger partial charge on any atom is -0.339 e. The first-order valence-electron chi connectivity index (χ1n) is 7.52. The van der Waals surface area contributed by atoms with Crippen LogP contribution in [-0.4, -0.2) is 29.8 Å². The Morgan fingerprint density at radius 3 is 2.39 bits per heavy atom. The van der Waals surface area contributed by atoms with Gasteiger partial charge in [0, 0.05) is 23.7 Å². The highest BCUT2D eigenvalue weighted by Gasteiger charge is 2.17. The van der Waals surface area contributed by atoms with Crippen LogP contribution in [0, 0.1) is 0 Å². The Bertz CT molecular complexity index is 712. The van der Waals surface area contributed by atoms with Gasteiger partial charge in [-0.15, -0.1) is 0 Å². The third kappa shape index (κ3) is 4.11. The molecule has 4 nitrogen and oxygen atoms in total. The summed E-state index contributed by atoms with van der Waals surface area (Å²) in [7, 11) is 0. The smallest absolute Gasteiger partial charge is 0.255 e. The summed E-state index contributed by atoms with van der Waals surface area (Å²) >= 11 is 5.91. The molecule has 0 aliphatic carbocycles. The fraction of sp³-hybridized carbons (Fsp3) is 0.222. The monoisotopic (exact) mass is 330 g/mol. The van der Waals surface area contributed by atoms with Gasteiger partial charge in [-0.25, -0.2) is 0 Å². The lowest BCUT2D eigenvalue weighted by atomic mass is 10.1. The molecule has 0 fully saturated rings. The molecule has 0 radical (unpaired) electrons. The maximum Gasteiger partial charge on any atom is 0.255 e. The van der Waals surface area contributed by atoms with Crippen molar-refractivity contribution in [1.82, 2.24) is 4.90 Å². The van der Waals surface area contributed by atoms with Crippen LogP contribution in [0.5, 0.6) is 0 Å². The van der Waals surface area contributed by atoms with E-state index in [1.165, 1.54) is 0 Å². The minimum atomic E-state index is -0.299. The number of halogens is 1. The van der Waals surface area contributed by atoms with Crippen LogP contribution < -0.4 is 5.32 Å². The van der Waals surface area contributed by atoms with Crippen LogP contribution in [0.25, 0.3) is 0 Å². The van der Waals surface area contributed by atoms with Crippen LogP contribution in [0.4, 0.5) is 5.69 Å². The van der Waals surface area contributed by atoms with Gasteiger partial charge in [0.15, 0.2) is 0 Å². The van der Waals surface area contributed by atoms with E-state index in [9.17, 15) is 9.59 Å². The summed E-state index contributed by atoms with van der Waals surface area (Å²) in [5.74, 6) is -0.399. The van der Waals surface area contributed by atoms with Gasteiger partial charge >= 0.3 is 0 Å². The van der Waals surface area contributed by atoms with Crippen LogP contribution in [0.2, 0.25) is 5.02 Å². The quantitative estimate of drug-likeness (QED) is 0.898. The molecule has 2 amide bonds. The maximum atomic E-state index is 12.6. The summed E-state index contributed by atoms with van der Waals surface area (Å²) in [5, 5.41) is 3.28. The second-order valence-corrected chi connectivity index (χ2v) is 5.42. The average molecular weight is 331 g/mol.